The highest BCUT2D eigenvalue weighted by molar-refractivity contribution is 5.85. The largest absolute Gasteiger partial charge is 0.444 e. The van der Waals surface area contributed by atoms with Crippen molar-refractivity contribution in [1.82, 2.24) is 20.6 Å². The van der Waals surface area contributed by atoms with E-state index >= 15 is 0 Å². The molecule has 3 N–H and O–H groups in total. The van der Waals surface area contributed by atoms with E-state index in [0.29, 0.717) is 13.0 Å². The Bertz CT molecular complexity index is 671. The van der Waals surface area contributed by atoms with E-state index in [-0.39, 0.29) is 5.91 Å². The van der Waals surface area contributed by atoms with Crippen LogP contribution in [-0.2, 0) is 16.0 Å². The van der Waals surface area contributed by atoms with Gasteiger partial charge >= 0.3 is 6.09 Å². The lowest BCUT2D eigenvalue weighted by Gasteiger charge is -2.23. The van der Waals surface area contributed by atoms with Crippen LogP contribution in [0.25, 0.3) is 0 Å². The number of imidazole rings is 1. The van der Waals surface area contributed by atoms with Gasteiger partial charge in [-0.2, -0.15) is 0 Å². The Kier molecular flexibility index (Phi) is 17.8. The van der Waals surface area contributed by atoms with Gasteiger partial charge in [-0.15, -0.1) is 0 Å². The van der Waals surface area contributed by atoms with E-state index in [4.69, 9.17) is 4.74 Å². The van der Waals surface area contributed by atoms with Crippen LogP contribution in [-0.4, -0.2) is 40.2 Å². The van der Waals surface area contributed by atoms with E-state index < -0.39 is 17.7 Å². The van der Waals surface area contributed by atoms with Crippen LogP contribution in [0.15, 0.2) is 12.5 Å². The fraction of sp³-hybridized carbons (Fsp3) is 0.828. The summed E-state index contributed by atoms with van der Waals surface area (Å²) in [6.45, 7) is 8.29. The van der Waals surface area contributed by atoms with Crippen molar-refractivity contribution in [2.75, 3.05) is 6.54 Å². The number of unbranched alkanes of at least 4 members (excludes halogenated alkanes) is 15. The van der Waals surface area contributed by atoms with E-state index in [9.17, 15) is 9.59 Å². The number of amides is 2. The smallest absolute Gasteiger partial charge is 0.408 e. The molecule has 0 aromatic carbocycles. The summed E-state index contributed by atoms with van der Waals surface area (Å²) in [6, 6.07) is -0.707. The predicted molar refractivity (Wildman–Crippen MR) is 148 cm³/mol. The highest BCUT2D eigenvalue weighted by Crippen LogP contribution is 2.14. The zero-order valence-electron chi connectivity index (χ0n) is 23.6. The molecule has 2 amide bonds. The highest BCUT2D eigenvalue weighted by Gasteiger charge is 2.24. The first-order valence-electron chi connectivity index (χ1n) is 14.6. The summed E-state index contributed by atoms with van der Waals surface area (Å²) in [4.78, 5) is 31.9. The molecule has 36 heavy (non-hydrogen) atoms. The Balaban J connectivity index is 2.07. The molecule has 1 heterocycles. The Morgan fingerprint density at radius 1 is 0.861 bits per heavy atom. The van der Waals surface area contributed by atoms with Gasteiger partial charge in [0.05, 0.1) is 6.33 Å². The maximum atomic E-state index is 12.7. The van der Waals surface area contributed by atoms with E-state index in [0.717, 1.165) is 18.5 Å². The van der Waals surface area contributed by atoms with Crippen molar-refractivity contribution in [2.24, 2.45) is 0 Å². The lowest BCUT2D eigenvalue weighted by molar-refractivity contribution is -0.123. The van der Waals surface area contributed by atoms with Crippen LogP contribution >= 0.6 is 0 Å². The molecule has 0 unspecified atom stereocenters. The van der Waals surface area contributed by atoms with Crippen LogP contribution in [0.1, 0.15) is 136 Å². The molecular weight excluding hydrogens is 452 g/mol. The summed E-state index contributed by atoms with van der Waals surface area (Å²) >= 11 is 0. The molecule has 0 aliphatic carbocycles. The van der Waals surface area contributed by atoms with Crippen LogP contribution < -0.4 is 10.6 Å². The van der Waals surface area contributed by atoms with Crippen molar-refractivity contribution in [2.45, 2.75) is 148 Å². The van der Waals surface area contributed by atoms with Gasteiger partial charge in [0.25, 0.3) is 0 Å². The molecule has 0 radical (unpaired) electrons. The first-order chi connectivity index (χ1) is 17.3. The number of aromatic nitrogens is 2. The van der Waals surface area contributed by atoms with E-state index in [2.05, 4.69) is 27.5 Å². The summed E-state index contributed by atoms with van der Waals surface area (Å²) < 4.78 is 5.32. The average molecular weight is 507 g/mol. The van der Waals surface area contributed by atoms with Crippen LogP contribution in [0.3, 0.4) is 0 Å². The second kappa shape index (κ2) is 20.1. The van der Waals surface area contributed by atoms with Crippen LogP contribution in [0.2, 0.25) is 0 Å². The number of nitrogens with one attached hydrogen (secondary N) is 3. The fourth-order valence-electron chi connectivity index (χ4n) is 4.28. The Morgan fingerprint density at radius 2 is 1.36 bits per heavy atom. The van der Waals surface area contributed by atoms with E-state index in [1.165, 1.54) is 89.9 Å². The number of aromatic amines is 1. The van der Waals surface area contributed by atoms with Gasteiger partial charge in [0.2, 0.25) is 5.91 Å². The molecule has 1 atom stereocenters. The standard InChI is InChI=1S/C29H54N4O3/c1-5-6-7-8-9-10-11-12-13-14-15-16-17-18-19-20-21-31-27(34)26(22-25-23-30-24-32-25)33-28(35)36-29(2,3)4/h23-24,26H,5-22H2,1-4H3,(H,30,32)(H,31,34)(H,33,35)/t26-/m0/s1. The quantitative estimate of drug-likeness (QED) is 0.153. The summed E-state index contributed by atoms with van der Waals surface area (Å²) in [5.41, 5.74) is 0.167. The molecular formula is C29H54N4O3. The topological polar surface area (TPSA) is 96.1 Å². The van der Waals surface area contributed by atoms with Gasteiger partial charge < -0.3 is 20.4 Å². The third-order valence-electron chi connectivity index (χ3n) is 6.32. The van der Waals surface area contributed by atoms with Gasteiger partial charge in [0, 0.05) is 24.9 Å². The monoisotopic (exact) mass is 506 g/mol. The number of nitrogens with zero attached hydrogens (tertiary/aromatic N) is 1. The number of carbonyl (C=O) groups is 2. The maximum Gasteiger partial charge on any atom is 0.408 e. The van der Waals surface area contributed by atoms with Crippen LogP contribution in [0, 0.1) is 0 Å². The minimum atomic E-state index is -0.707. The molecule has 0 saturated carbocycles. The zero-order valence-corrected chi connectivity index (χ0v) is 23.6. The highest BCUT2D eigenvalue weighted by atomic mass is 16.6. The van der Waals surface area contributed by atoms with E-state index in [1.807, 2.05) is 0 Å². The maximum absolute atomic E-state index is 12.7. The Labute approximate surface area is 220 Å². The Morgan fingerprint density at radius 3 is 1.81 bits per heavy atom. The fourth-order valence-corrected chi connectivity index (χ4v) is 4.28. The minimum absolute atomic E-state index is 0.198. The average Bonchev–Trinajstić information content (AvgIpc) is 3.32. The second-order valence-corrected chi connectivity index (χ2v) is 11.1. The first-order valence-corrected chi connectivity index (χ1v) is 14.6. The third kappa shape index (κ3) is 18.3. The number of H-pyrrole nitrogens is 1. The number of rotatable bonds is 21. The molecule has 0 saturated heterocycles. The summed E-state index contributed by atoms with van der Waals surface area (Å²) in [5, 5.41) is 5.67. The summed E-state index contributed by atoms with van der Waals surface area (Å²) in [7, 11) is 0. The number of carbonyl (C=O) groups excluding carboxylic acids is 2. The van der Waals surface area contributed by atoms with Crippen LogP contribution in [0.4, 0.5) is 4.79 Å². The van der Waals surface area contributed by atoms with Gasteiger partial charge in [-0.1, -0.05) is 103 Å². The Hall–Kier alpha value is -2.05. The minimum Gasteiger partial charge on any atom is -0.444 e. The number of hydrogen-bond donors (Lipinski definition) is 3. The molecule has 7 heteroatoms. The molecule has 0 fully saturated rings. The van der Waals surface area contributed by atoms with Crippen molar-refractivity contribution < 1.29 is 14.3 Å². The molecule has 1 aromatic rings. The lowest BCUT2D eigenvalue weighted by atomic mass is 10.0. The van der Waals surface area contributed by atoms with Crippen molar-refractivity contribution in [3.05, 3.63) is 18.2 Å². The summed E-state index contributed by atoms with van der Waals surface area (Å²) in [6.07, 6.45) is 24.2. The molecule has 1 aromatic heterocycles. The van der Waals surface area contributed by atoms with Crippen LogP contribution in [0.5, 0.6) is 0 Å². The van der Waals surface area contributed by atoms with Crippen molar-refractivity contribution in [3.63, 3.8) is 0 Å². The number of ether oxygens (including phenoxy) is 1. The van der Waals surface area contributed by atoms with Gasteiger partial charge in [-0.3, -0.25) is 4.79 Å². The van der Waals surface area contributed by atoms with Gasteiger partial charge in [0.15, 0.2) is 0 Å². The molecule has 0 spiro atoms. The molecule has 1 rings (SSSR count). The normalized spacial score (nSPS) is 12.3. The molecule has 0 aliphatic heterocycles. The molecule has 0 bridgehead atoms. The molecule has 0 aliphatic rings. The zero-order chi connectivity index (χ0) is 26.5. The van der Waals surface area contributed by atoms with E-state index in [1.54, 1.807) is 33.3 Å². The van der Waals surface area contributed by atoms with Crippen molar-refractivity contribution in [3.8, 4) is 0 Å². The summed E-state index contributed by atoms with van der Waals surface area (Å²) in [5.74, 6) is -0.198. The lowest BCUT2D eigenvalue weighted by Crippen LogP contribution is -2.49. The third-order valence-corrected chi connectivity index (χ3v) is 6.32. The van der Waals surface area contributed by atoms with Crippen molar-refractivity contribution >= 4 is 12.0 Å². The van der Waals surface area contributed by atoms with Crippen molar-refractivity contribution in [1.29, 1.82) is 0 Å². The van der Waals surface area contributed by atoms with Gasteiger partial charge in [-0.05, 0) is 27.2 Å². The molecule has 208 valence electrons. The molecule has 7 nitrogen and oxygen atoms in total. The second-order valence-electron chi connectivity index (χ2n) is 11.1. The number of alkyl carbamates (subject to hydrolysis) is 1. The first kappa shape index (κ1) is 32.0. The SMILES string of the molecule is CCCCCCCCCCCCCCCCCCNC(=O)[C@H](Cc1cnc[nH]1)NC(=O)OC(C)(C)C. The van der Waals surface area contributed by atoms with Gasteiger partial charge in [-0.25, -0.2) is 9.78 Å². The number of hydrogen-bond acceptors (Lipinski definition) is 4. The van der Waals surface area contributed by atoms with Gasteiger partial charge in [0.1, 0.15) is 11.6 Å². The predicted octanol–water partition coefficient (Wildman–Crippen LogP) is 7.22.